The fourth-order valence-electron chi connectivity index (χ4n) is 2.29. The number of aliphatic imine (C=N–C) groups is 1. The number of thiophene rings is 1. The van der Waals surface area contributed by atoms with Crippen LogP contribution in [0.15, 0.2) is 45.6 Å². The summed E-state index contributed by atoms with van der Waals surface area (Å²) in [5.41, 5.74) is 1.04. The Kier molecular flexibility index (Phi) is 7.64. The second kappa shape index (κ2) is 9.72. The standard InChI is InChI=1S/C18H26N4O3S2/c1-5-25-16-9-7-6-8-14(16)12-20-18(19-2)21-13-15-10-11-17(26-15)27(23,24)22(3)4/h6-11H,5,12-13H2,1-4H3,(H2,19,20,21). The average Bonchev–Trinajstić information content (AvgIpc) is 3.13. The quantitative estimate of drug-likeness (QED) is 0.515. The molecule has 2 N–H and O–H groups in total. The van der Waals surface area contributed by atoms with Gasteiger partial charge in [0.2, 0.25) is 0 Å². The van der Waals surface area contributed by atoms with Gasteiger partial charge in [-0.2, -0.15) is 0 Å². The van der Waals surface area contributed by atoms with Crippen LogP contribution in [0, 0.1) is 0 Å². The summed E-state index contributed by atoms with van der Waals surface area (Å²) in [5.74, 6) is 1.48. The van der Waals surface area contributed by atoms with Gasteiger partial charge in [-0.3, -0.25) is 4.99 Å². The number of rotatable bonds is 8. The third-order valence-electron chi connectivity index (χ3n) is 3.74. The van der Waals surface area contributed by atoms with Crippen LogP contribution in [0.1, 0.15) is 17.4 Å². The lowest BCUT2D eigenvalue weighted by atomic mass is 10.2. The molecule has 7 nitrogen and oxygen atoms in total. The summed E-state index contributed by atoms with van der Waals surface area (Å²) >= 11 is 1.25. The van der Waals surface area contributed by atoms with Crippen molar-refractivity contribution in [3.63, 3.8) is 0 Å². The first-order valence-electron chi connectivity index (χ1n) is 8.55. The Morgan fingerprint density at radius 2 is 1.85 bits per heavy atom. The molecule has 0 saturated carbocycles. The van der Waals surface area contributed by atoms with Crippen LogP contribution in [-0.4, -0.2) is 46.4 Å². The Hall–Kier alpha value is -2.10. The average molecular weight is 411 g/mol. The number of para-hydroxylation sites is 1. The Labute approximate surface area is 165 Å². The summed E-state index contributed by atoms with van der Waals surface area (Å²) in [6, 6.07) is 11.3. The second-order valence-electron chi connectivity index (χ2n) is 5.83. The molecule has 27 heavy (non-hydrogen) atoms. The van der Waals surface area contributed by atoms with Gasteiger partial charge in [0, 0.05) is 38.1 Å². The molecule has 1 aromatic carbocycles. The smallest absolute Gasteiger partial charge is 0.252 e. The highest BCUT2D eigenvalue weighted by Crippen LogP contribution is 2.23. The highest BCUT2D eigenvalue weighted by atomic mass is 32.2. The molecule has 148 valence electrons. The van der Waals surface area contributed by atoms with Crippen LogP contribution < -0.4 is 15.4 Å². The van der Waals surface area contributed by atoms with Crippen LogP contribution >= 0.6 is 11.3 Å². The Balaban J connectivity index is 1.94. The van der Waals surface area contributed by atoms with E-state index in [4.69, 9.17) is 4.74 Å². The zero-order valence-corrected chi connectivity index (χ0v) is 17.7. The first-order chi connectivity index (χ1) is 12.9. The molecule has 2 rings (SSSR count). The Morgan fingerprint density at radius 3 is 2.52 bits per heavy atom. The van der Waals surface area contributed by atoms with E-state index in [0.717, 1.165) is 16.2 Å². The molecular weight excluding hydrogens is 384 g/mol. The SMILES string of the molecule is CCOc1ccccc1CNC(=NC)NCc1ccc(S(=O)(=O)N(C)C)s1. The van der Waals surface area contributed by atoms with E-state index in [1.54, 1.807) is 13.1 Å². The predicted octanol–water partition coefficient (Wildman–Crippen LogP) is 2.26. The fourth-order valence-corrected chi connectivity index (χ4v) is 4.75. The number of hydrogen-bond donors (Lipinski definition) is 2. The van der Waals surface area contributed by atoms with E-state index in [1.807, 2.05) is 37.3 Å². The minimum absolute atomic E-state index is 0.331. The van der Waals surface area contributed by atoms with E-state index in [9.17, 15) is 8.42 Å². The van der Waals surface area contributed by atoms with Gasteiger partial charge in [-0.15, -0.1) is 11.3 Å². The van der Waals surface area contributed by atoms with Gasteiger partial charge >= 0.3 is 0 Å². The second-order valence-corrected chi connectivity index (χ2v) is 9.38. The van der Waals surface area contributed by atoms with E-state index in [0.29, 0.717) is 29.9 Å². The highest BCUT2D eigenvalue weighted by Gasteiger charge is 2.19. The van der Waals surface area contributed by atoms with Crippen LogP contribution in [0.5, 0.6) is 5.75 Å². The topological polar surface area (TPSA) is 83.0 Å². The summed E-state index contributed by atoms with van der Waals surface area (Å²) in [6.45, 7) is 3.62. The van der Waals surface area contributed by atoms with Gasteiger partial charge in [0.05, 0.1) is 13.2 Å². The molecule has 0 aliphatic carbocycles. The highest BCUT2D eigenvalue weighted by molar-refractivity contribution is 7.91. The molecule has 0 bridgehead atoms. The van der Waals surface area contributed by atoms with Crippen molar-refractivity contribution in [1.29, 1.82) is 0 Å². The van der Waals surface area contributed by atoms with Gasteiger partial charge in [-0.1, -0.05) is 18.2 Å². The number of hydrogen-bond acceptors (Lipinski definition) is 5. The van der Waals surface area contributed by atoms with Gasteiger partial charge in [0.1, 0.15) is 9.96 Å². The van der Waals surface area contributed by atoms with Crippen LogP contribution in [0.4, 0.5) is 0 Å². The van der Waals surface area contributed by atoms with Crippen LogP contribution in [0.25, 0.3) is 0 Å². The molecule has 1 heterocycles. The molecule has 1 aromatic heterocycles. The van der Waals surface area contributed by atoms with E-state index in [1.165, 1.54) is 29.7 Å². The number of guanidine groups is 1. The van der Waals surface area contributed by atoms with Crippen molar-refractivity contribution >= 4 is 27.3 Å². The third kappa shape index (κ3) is 5.69. The number of nitrogens with zero attached hydrogens (tertiary/aromatic N) is 2. The van der Waals surface area contributed by atoms with Crippen molar-refractivity contribution in [2.24, 2.45) is 4.99 Å². The van der Waals surface area contributed by atoms with Crippen LogP contribution in [0.2, 0.25) is 0 Å². The maximum Gasteiger partial charge on any atom is 0.252 e. The summed E-state index contributed by atoms with van der Waals surface area (Å²) < 4.78 is 31.5. The lowest BCUT2D eigenvalue weighted by molar-refractivity contribution is 0.336. The molecule has 0 aliphatic rings. The Bertz CT molecular complexity index is 876. The van der Waals surface area contributed by atoms with Crippen molar-refractivity contribution in [2.75, 3.05) is 27.7 Å². The van der Waals surface area contributed by atoms with Crippen molar-refractivity contribution in [1.82, 2.24) is 14.9 Å². The van der Waals surface area contributed by atoms with Crippen LogP contribution in [-0.2, 0) is 23.1 Å². The van der Waals surface area contributed by atoms with Crippen molar-refractivity contribution < 1.29 is 13.2 Å². The molecule has 0 saturated heterocycles. The first kappa shape index (κ1) is 21.2. The summed E-state index contributed by atoms with van der Waals surface area (Å²) in [7, 11) is 1.36. The van der Waals surface area contributed by atoms with Gasteiger partial charge in [0.15, 0.2) is 5.96 Å². The molecule has 0 aliphatic heterocycles. The zero-order chi connectivity index (χ0) is 19.9. The monoisotopic (exact) mass is 410 g/mol. The summed E-state index contributed by atoms with van der Waals surface area (Å²) in [5, 5.41) is 6.45. The molecule has 2 aromatic rings. The molecule has 0 atom stereocenters. The first-order valence-corrected chi connectivity index (χ1v) is 10.8. The molecule has 0 amide bonds. The maximum absolute atomic E-state index is 12.2. The van der Waals surface area contributed by atoms with Gasteiger partial charge in [-0.25, -0.2) is 12.7 Å². The van der Waals surface area contributed by atoms with Crippen molar-refractivity contribution in [3.05, 3.63) is 46.8 Å². The van der Waals surface area contributed by atoms with Gasteiger partial charge in [-0.05, 0) is 25.1 Å². The van der Waals surface area contributed by atoms with Gasteiger partial charge < -0.3 is 15.4 Å². The largest absolute Gasteiger partial charge is 0.494 e. The molecule has 0 fully saturated rings. The predicted molar refractivity (Wildman–Crippen MR) is 110 cm³/mol. The fraction of sp³-hybridized carbons (Fsp3) is 0.389. The molecule has 0 spiro atoms. The summed E-state index contributed by atoms with van der Waals surface area (Å²) in [6.07, 6.45) is 0. The lowest BCUT2D eigenvalue weighted by Crippen LogP contribution is -2.36. The van der Waals surface area contributed by atoms with E-state index >= 15 is 0 Å². The molecule has 0 radical (unpaired) electrons. The molecular formula is C18H26N4O3S2. The minimum Gasteiger partial charge on any atom is -0.494 e. The summed E-state index contributed by atoms with van der Waals surface area (Å²) in [4.78, 5) is 5.12. The minimum atomic E-state index is -3.39. The van der Waals surface area contributed by atoms with Crippen molar-refractivity contribution in [2.45, 2.75) is 24.2 Å². The molecule has 0 unspecified atom stereocenters. The normalized spacial score (nSPS) is 12.3. The number of ether oxygens (including phenoxy) is 1. The third-order valence-corrected chi connectivity index (χ3v) is 7.11. The van der Waals surface area contributed by atoms with Crippen LogP contribution in [0.3, 0.4) is 0 Å². The van der Waals surface area contributed by atoms with Gasteiger partial charge in [0.25, 0.3) is 10.0 Å². The van der Waals surface area contributed by atoms with Crippen molar-refractivity contribution in [3.8, 4) is 5.75 Å². The lowest BCUT2D eigenvalue weighted by Gasteiger charge is -2.14. The van der Waals surface area contributed by atoms with E-state index in [2.05, 4.69) is 15.6 Å². The zero-order valence-electron chi connectivity index (χ0n) is 16.0. The maximum atomic E-state index is 12.2. The molecule has 9 heteroatoms. The number of benzene rings is 1. The Morgan fingerprint density at radius 1 is 1.15 bits per heavy atom. The van der Waals surface area contributed by atoms with E-state index < -0.39 is 10.0 Å². The van der Waals surface area contributed by atoms with E-state index in [-0.39, 0.29) is 0 Å². The number of sulfonamides is 1. The number of nitrogens with one attached hydrogen (secondary N) is 2.